The minimum absolute atomic E-state index is 0.151. The predicted molar refractivity (Wildman–Crippen MR) is 138 cm³/mol. The van der Waals surface area contributed by atoms with Gasteiger partial charge in [-0.2, -0.15) is 0 Å². The number of benzene rings is 3. The molecule has 0 fully saturated rings. The summed E-state index contributed by atoms with van der Waals surface area (Å²) < 4.78 is 5.25. The van der Waals surface area contributed by atoms with E-state index in [1.807, 2.05) is 0 Å². The zero-order chi connectivity index (χ0) is 25.3. The van der Waals surface area contributed by atoms with Crippen molar-refractivity contribution < 1.29 is 19.1 Å². The van der Waals surface area contributed by atoms with E-state index in [2.05, 4.69) is 10.6 Å². The molecule has 3 amide bonds. The fraction of sp³-hybridized carbons (Fsp3) is 0.0417. The van der Waals surface area contributed by atoms with Gasteiger partial charge in [0.2, 0.25) is 0 Å². The number of carbonyl (C=O) groups is 3. The number of methoxy groups -OCH3 is 1. The van der Waals surface area contributed by atoms with Gasteiger partial charge in [-0.3, -0.25) is 14.4 Å². The molecule has 0 saturated carbocycles. The summed E-state index contributed by atoms with van der Waals surface area (Å²) >= 11 is 24.2. The van der Waals surface area contributed by atoms with Crippen molar-refractivity contribution >= 4 is 81.2 Å². The Kier molecular flexibility index (Phi) is 7.23. The van der Waals surface area contributed by atoms with Crippen molar-refractivity contribution in [3.05, 3.63) is 92.0 Å². The Bertz CT molecular complexity index is 1390. The largest absolute Gasteiger partial charge is 0.495 e. The van der Waals surface area contributed by atoms with Crippen LogP contribution in [-0.2, 0) is 9.59 Å². The molecule has 0 spiro atoms. The fourth-order valence-corrected chi connectivity index (χ4v) is 4.27. The molecule has 7 nitrogen and oxygen atoms in total. The van der Waals surface area contributed by atoms with Crippen LogP contribution in [0.25, 0.3) is 0 Å². The summed E-state index contributed by atoms with van der Waals surface area (Å²) in [5, 5.41) is 6.18. The molecule has 4 rings (SSSR count). The van der Waals surface area contributed by atoms with Crippen LogP contribution in [-0.4, -0.2) is 24.8 Å². The SMILES string of the molecule is COc1ccc(Cl)cc1NC(=O)c1cccc(NC2=C(Cl)C(=O)N(c3cc(Cl)cc(Cl)c3)C2=O)c1. The molecule has 0 saturated heterocycles. The van der Waals surface area contributed by atoms with Crippen molar-refractivity contribution in [3.8, 4) is 5.75 Å². The third-order valence-corrected chi connectivity index (χ3v) is 5.96. The first kappa shape index (κ1) is 24.9. The van der Waals surface area contributed by atoms with Crippen molar-refractivity contribution in [1.82, 2.24) is 0 Å². The topological polar surface area (TPSA) is 87.7 Å². The van der Waals surface area contributed by atoms with Gasteiger partial charge >= 0.3 is 0 Å². The quantitative estimate of drug-likeness (QED) is 0.349. The molecule has 3 aromatic rings. The van der Waals surface area contributed by atoms with Crippen molar-refractivity contribution in [3.63, 3.8) is 0 Å². The molecule has 2 N–H and O–H groups in total. The van der Waals surface area contributed by atoms with E-state index in [0.29, 0.717) is 22.1 Å². The van der Waals surface area contributed by atoms with Crippen LogP contribution in [0, 0.1) is 0 Å². The number of hydrogen-bond donors (Lipinski definition) is 2. The minimum Gasteiger partial charge on any atom is -0.495 e. The number of nitrogens with zero attached hydrogens (tertiary/aromatic N) is 1. The number of ether oxygens (including phenoxy) is 1. The van der Waals surface area contributed by atoms with E-state index in [0.717, 1.165) is 4.90 Å². The fourth-order valence-electron chi connectivity index (χ4n) is 3.37. The van der Waals surface area contributed by atoms with Gasteiger partial charge in [0.25, 0.3) is 17.7 Å². The number of anilines is 3. The van der Waals surface area contributed by atoms with Crippen LogP contribution in [0.4, 0.5) is 17.1 Å². The smallest absolute Gasteiger partial charge is 0.283 e. The van der Waals surface area contributed by atoms with Gasteiger partial charge in [0.05, 0.1) is 18.5 Å². The van der Waals surface area contributed by atoms with E-state index in [1.165, 1.54) is 31.4 Å². The highest BCUT2D eigenvalue weighted by Crippen LogP contribution is 2.33. The van der Waals surface area contributed by atoms with Gasteiger partial charge in [-0.1, -0.05) is 52.5 Å². The molecule has 0 aromatic heterocycles. The highest BCUT2D eigenvalue weighted by Gasteiger charge is 2.39. The third-order valence-electron chi connectivity index (χ3n) is 4.94. The lowest BCUT2D eigenvalue weighted by Crippen LogP contribution is -2.32. The number of hydrogen-bond acceptors (Lipinski definition) is 5. The molecule has 3 aromatic carbocycles. The average Bonchev–Trinajstić information content (AvgIpc) is 3.02. The summed E-state index contributed by atoms with van der Waals surface area (Å²) in [6, 6.07) is 15.4. The standard InChI is InChI=1S/C24H15Cl4N3O4/c1-35-19-6-5-13(25)11-18(19)30-22(32)12-3-2-4-16(7-12)29-21-20(28)23(33)31(24(21)34)17-9-14(26)8-15(27)10-17/h2-11,29H,1H3,(H,30,32). The number of imide groups is 1. The van der Waals surface area contributed by atoms with Gasteiger partial charge in [0.1, 0.15) is 16.5 Å². The molecule has 0 aliphatic carbocycles. The molecule has 11 heteroatoms. The van der Waals surface area contributed by atoms with Gasteiger partial charge in [-0.05, 0) is 54.6 Å². The van der Waals surface area contributed by atoms with Gasteiger partial charge in [0, 0.05) is 26.3 Å². The second-order valence-electron chi connectivity index (χ2n) is 7.27. The minimum atomic E-state index is -0.737. The molecule has 1 aliphatic heterocycles. The highest BCUT2D eigenvalue weighted by molar-refractivity contribution is 6.53. The molecule has 0 atom stereocenters. The number of rotatable bonds is 6. The Morgan fingerprint density at radius 2 is 1.57 bits per heavy atom. The van der Waals surface area contributed by atoms with E-state index in [-0.39, 0.29) is 32.0 Å². The van der Waals surface area contributed by atoms with E-state index >= 15 is 0 Å². The summed E-state index contributed by atoms with van der Waals surface area (Å²) in [6.07, 6.45) is 0. The molecular weight excluding hydrogens is 536 g/mol. The highest BCUT2D eigenvalue weighted by atomic mass is 35.5. The van der Waals surface area contributed by atoms with Crippen molar-refractivity contribution in [2.75, 3.05) is 22.6 Å². The first-order chi connectivity index (χ1) is 16.7. The number of nitrogens with one attached hydrogen (secondary N) is 2. The average molecular weight is 551 g/mol. The van der Waals surface area contributed by atoms with Crippen molar-refractivity contribution in [1.29, 1.82) is 0 Å². The molecule has 35 heavy (non-hydrogen) atoms. The van der Waals surface area contributed by atoms with Crippen LogP contribution in [0.2, 0.25) is 15.1 Å². The predicted octanol–water partition coefficient (Wildman–Crippen LogP) is 6.34. The van der Waals surface area contributed by atoms with Crippen LogP contribution in [0.1, 0.15) is 10.4 Å². The number of halogens is 4. The van der Waals surface area contributed by atoms with E-state index in [9.17, 15) is 14.4 Å². The summed E-state index contributed by atoms with van der Waals surface area (Å²) in [6.45, 7) is 0. The summed E-state index contributed by atoms with van der Waals surface area (Å²) in [7, 11) is 1.47. The Morgan fingerprint density at radius 1 is 0.857 bits per heavy atom. The molecular formula is C24H15Cl4N3O4. The zero-order valence-electron chi connectivity index (χ0n) is 17.9. The lowest BCUT2D eigenvalue weighted by Gasteiger charge is -2.16. The second-order valence-corrected chi connectivity index (χ2v) is 8.95. The Labute approximate surface area is 220 Å². The summed E-state index contributed by atoms with van der Waals surface area (Å²) in [4.78, 5) is 39.4. The first-order valence-electron chi connectivity index (χ1n) is 9.94. The zero-order valence-corrected chi connectivity index (χ0v) is 20.9. The summed E-state index contributed by atoms with van der Waals surface area (Å²) in [5.41, 5.74) is 1.04. The van der Waals surface area contributed by atoms with Gasteiger partial charge < -0.3 is 15.4 Å². The molecule has 1 aliphatic rings. The molecule has 178 valence electrons. The molecule has 0 radical (unpaired) electrons. The maximum Gasteiger partial charge on any atom is 0.283 e. The van der Waals surface area contributed by atoms with E-state index in [1.54, 1.807) is 36.4 Å². The molecule has 1 heterocycles. The van der Waals surface area contributed by atoms with Crippen LogP contribution in [0.15, 0.2) is 71.4 Å². The van der Waals surface area contributed by atoms with Crippen LogP contribution in [0.5, 0.6) is 5.75 Å². The maximum absolute atomic E-state index is 13.0. The molecule has 0 unspecified atom stereocenters. The van der Waals surface area contributed by atoms with Gasteiger partial charge in [-0.15, -0.1) is 0 Å². The number of carbonyl (C=O) groups excluding carboxylic acids is 3. The lowest BCUT2D eigenvalue weighted by molar-refractivity contribution is -0.120. The van der Waals surface area contributed by atoms with Crippen LogP contribution < -0.4 is 20.3 Å². The van der Waals surface area contributed by atoms with E-state index < -0.39 is 17.7 Å². The second kappa shape index (κ2) is 10.2. The third kappa shape index (κ3) is 5.23. The van der Waals surface area contributed by atoms with E-state index in [4.69, 9.17) is 51.1 Å². The Balaban J connectivity index is 1.56. The number of amides is 3. The van der Waals surface area contributed by atoms with Crippen molar-refractivity contribution in [2.24, 2.45) is 0 Å². The Hall–Kier alpha value is -3.23. The van der Waals surface area contributed by atoms with Crippen LogP contribution >= 0.6 is 46.4 Å². The summed E-state index contributed by atoms with van der Waals surface area (Å²) in [5.74, 6) is -1.44. The normalized spacial score (nSPS) is 13.3. The van der Waals surface area contributed by atoms with Gasteiger partial charge in [0.15, 0.2) is 0 Å². The van der Waals surface area contributed by atoms with Gasteiger partial charge in [-0.25, -0.2) is 4.90 Å². The monoisotopic (exact) mass is 549 g/mol. The maximum atomic E-state index is 13.0. The Morgan fingerprint density at radius 3 is 2.26 bits per heavy atom. The van der Waals surface area contributed by atoms with Crippen molar-refractivity contribution in [2.45, 2.75) is 0 Å². The first-order valence-corrected chi connectivity index (χ1v) is 11.5. The van der Waals surface area contributed by atoms with Crippen LogP contribution in [0.3, 0.4) is 0 Å². The molecule has 0 bridgehead atoms. The lowest BCUT2D eigenvalue weighted by atomic mass is 10.1.